The first kappa shape index (κ1) is 14.6. The second kappa shape index (κ2) is 5.90. The van der Waals surface area contributed by atoms with Gasteiger partial charge in [-0.3, -0.25) is 10.1 Å². The van der Waals surface area contributed by atoms with E-state index in [1.54, 1.807) is 6.07 Å². The van der Waals surface area contributed by atoms with E-state index in [4.69, 9.17) is 5.73 Å². The van der Waals surface area contributed by atoms with Gasteiger partial charge in [-0.1, -0.05) is 0 Å². The average Bonchev–Trinajstić information content (AvgIpc) is 2.81. The zero-order valence-corrected chi connectivity index (χ0v) is 10.7. The molecule has 0 unspecified atom stereocenters. The van der Waals surface area contributed by atoms with Crippen LogP contribution in [0.1, 0.15) is 17.2 Å². The lowest BCUT2D eigenvalue weighted by Crippen LogP contribution is -2.13. The van der Waals surface area contributed by atoms with E-state index in [-0.39, 0.29) is 18.1 Å². The van der Waals surface area contributed by atoms with Crippen LogP contribution in [0.15, 0.2) is 35.0 Å². The number of rotatable bonds is 3. The van der Waals surface area contributed by atoms with Crippen molar-refractivity contribution in [2.75, 3.05) is 0 Å². The third kappa shape index (κ3) is 2.84. The zero-order valence-electron chi connectivity index (χ0n) is 9.08. The summed E-state index contributed by atoms with van der Waals surface area (Å²) in [4.78, 5) is 10.2. The molecule has 0 spiro atoms. The van der Waals surface area contributed by atoms with Crippen LogP contribution < -0.4 is 5.73 Å². The van der Waals surface area contributed by atoms with Crippen molar-refractivity contribution < 1.29 is 9.31 Å². The minimum atomic E-state index is -0.641. The normalized spacial score (nSPS) is 11.7. The first-order valence-corrected chi connectivity index (χ1v) is 5.75. The quantitative estimate of drug-likeness (QED) is 0.696. The number of nitro groups is 1. The van der Waals surface area contributed by atoms with Crippen LogP contribution in [-0.2, 0) is 0 Å². The molecule has 1 aromatic carbocycles. The maximum atomic E-state index is 13.0. The van der Waals surface area contributed by atoms with Crippen molar-refractivity contribution in [3.05, 3.63) is 62.1 Å². The molecule has 2 aromatic rings. The van der Waals surface area contributed by atoms with Crippen LogP contribution in [-0.4, -0.2) is 4.92 Å². The number of nitro benzene ring substituents is 1. The highest BCUT2D eigenvalue weighted by molar-refractivity contribution is 7.08. The Balaban J connectivity index is 0.00000162. The smallest absolute Gasteiger partial charge is 0.277 e. The molecular formula is C11H10ClFN2O2S. The standard InChI is InChI=1S/C11H9FN2O2S.ClH/c12-8-1-2-9(10(5-8)14(15)16)11(13)7-3-4-17-6-7;/h1-6,11H,13H2;1H/t11-;/m1./s1. The van der Waals surface area contributed by atoms with Gasteiger partial charge in [0.2, 0.25) is 0 Å². The maximum absolute atomic E-state index is 13.0. The van der Waals surface area contributed by atoms with E-state index in [1.807, 2.05) is 10.8 Å². The predicted octanol–water partition coefficient (Wildman–Crippen LogP) is 3.27. The lowest BCUT2D eigenvalue weighted by atomic mass is 10.0. The van der Waals surface area contributed by atoms with Crippen molar-refractivity contribution in [1.82, 2.24) is 0 Å². The predicted molar refractivity (Wildman–Crippen MR) is 70.7 cm³/mol. The Morgan fingerprint density at radius 3 is 2.67 bits per heavy atom. The van der Waals surface area contributed by atoms with E-state index in [2.05, 4.69) is 0 Å². The molecule has 1 aromatic heterocycles. The van der Waals surface area contributed by atoms with Crippen molar-refractivity contribution in [3.8, 4) is 0 Å². The van der Waals surface area contributed by atoms with E-state index in [0.717, 1.165) is 11.6 Å². The molecule has 2 rings (SSSR count). The molecular weight excluding hydrogens is 279 g/mol. The first-order chi connectivity index (χ1) is 8.09. The van der Waals surface area contributed by atoms with E-state index in [9.17, 15) is 14.5 Å². The average molecular weight is 289 g/mol. The summed E-state index contributed by atoms with van der Waals surface area (Å²) in [6.07, 6.45) is 0. The lowest BCUT2D eigenvalue weighted by molar-refractivity contribution is -0.385. The van der Waals surface area contributed by atoms with Crippen molar-refractivity contribution in [2.24, 2.45) is 5.73 Å². The van der Waals surface area contributed by atoms with Gasteiger partial charge in [-0.2, -0.15) is 11.3 Å². The Hall–Kier alpha value is -1.50. The molecule has 0 aliphatic heterocycles. The molecule has 1 atom stereocenters. The summed E-state index contributed by atoms with van der Waals surface area (Å²) in [5.41, 5.74) is 6.74. The molecule has 0 amide bonds. The first-order valence-electron chi connectivity index (χ1n) is 4.81. The fraction of sp³-hybridized carbons (Fsp3) is 0.0909. The molecule has 0 aliphatic rings. The summed E-state index contributed by atoms with van der Waals surface area (Å²) >= 11 is 1.46. The number of hydrogen-bond acceptors (Lipinski definition) is 4. The fourth-order valence-corrected chi connectivity index (χ4v) is 2.27. The van der Waals surface area contributed by atoms with Gasteiger partial charge in [0.25, 0.3) is 5.69 Å². The Kier molecular flexibility index (Phi) is 4.77. The summed E-state index contributed by atoms with van der Waals surface area (Å²) in [7, 11) is 0. The molecule has 0 saturated heterocycles. The van der Waals surface area contributed by atoms with Gasteiger partial charge < -0.3 is 5.73 Å². The van der Waals surface area contributed by atoms with Crippen LogP contribution in [0.4, 0.5) is 10.1 Å². The summed E-state index contributed by atoms with van der Waals surface area (Å²) in [6.45, 7) is 0. The summed E-state index contributed by atoms with van der Waals surface area (Å²) in [5, 5.41) is 14.5. The topological polar surface area (TPSA) is 69.2 Å². The SMILES string of the molecule is Cl.N[C@H](c1ccsc1)c1ccc(F)cc1[N+](=O)[O-]. The van der Waals surface area contributed by atoms with Crippen LogP contribution in [0.3, 0.4) is 0 Å². The number of nitrogens with zero attached hydrogens (tertiary/aromatic N) is 1. The van der Waals surface area contributed by atoms with E-state index in [1.165, 1.54) is 23.5 Å². The molecule has 0 aliphatic carbocycles. The van der Waals surface area contributed by atoms with Crippen molar-refractivity contribution >= 4 is 29.4 Å². The molecule has 2 N–H and O–H groups in total. The van der Waals surface area contributed by atoms with Gasteiger partial charge in [-0.15, -0.1) is 12.4 Å². The largest absolute Gasteiger partial charge is 0.320 e. The summed E-state index contributed by atoms with van der Waals surface area (Å²) in [5.74, 6) is -0.641. The van der Waals surface area contributed by atoms with E-state index >= 15 is 0 Å². The van der Waals surface area contributed by atoms with Crippen LogP contribution in [0, 0.1) is 15.9 Å². The van der Waals surface area contributed by atoms with Gasteiger partial charge in [0.1, 0.15) is 5.82 Å². The van der Waals surface area contributed by atoms with Gasteiger partial charge >= 0.3 is 0 Å². The Labute approximate surface area is 113 Å². The molecule has 0 fully saturated rings. The number of hydrogen-bond donors (Lipinski definition) is 1. The molecule has 0 radical (unpaired) electrons. The van der Waals surface area contributed by atoms with Crippen LogP contribution >= 0.6 is 23.7 Å². The Morgan fingerprint density at radius 1 is 1.39 bits per heavy atom. The Morgan fingerprint density at radius 2 is 2.11 bits per heavy atom. The van der Waals surface area contributed by atoms with Gasteiger partial charge in [0.05, 0.1) is 22.6 Å². The highest BCUT2D eigenvalue weighted by Crippen LogP contribution is 2.29. The molecule has 4 nitrogen and oxygen atoms in total. The number of benzene rings is 1. The van der Waals surface area contributed by atoms with E-state index in [0.29, 0.717) is 5.56 Å². The maximum Gasteiger partial charge on any atom is 0.277 e. The fourth-order valence-electron chi connectivity index (χ4n) is 1.57. The lowest BCUT2D eigenvalue weighted by Gasteiger charge is -2.10. The van der Waals surface area contributed by atoms with E-state index < -0.39 is 16.8 Å². The molecule has 0 bridgehead atoms. The van der Waals surface area contributed by atoms with Gasteiger partial charge in [0.15, 0.2) is 0 Å². The second-order valence-corrected chi connectivity index (χ2v) is 4.27. The van der Waals surface area contributed by atoms with Crippen molar-refractivity contribution in [3.63, 3.8) is 0 Å². The van der Waals surface area contributed by atoms with Crippen LogP contribution in [0.2, 0.25) is 0 Å². The van der Waals surface area contributed by atoms with Crippen molar-refractivity contribution in [1.29, 1.82) is 0 Å². The van der Waals surface area contributed by atoms with Gasteiger partial charge in [-0.05, 0) is 34.5 Å². The third-order valence-corrected chi connectivity index (χ3v) is 3.13. The number of halogens is 2. The molecule has 0 saturated carbocycles. The number of thiophene rings is 1. The number of nitrogens with two attached hydrogens (primary N) is 1. The highest BCUT2D eigenvalue weighted by Gasteiger charge is 2.21. The van der Waals surface area contributed by atoms with Gasteiger partial charge in [-0.25, -0.2) is 4.39 Å². The molecule has 1 heterocycles. The zero-order chi connectivity index (χ0) is 12.4. The molecule has 7 heteroatoms. The molecule has 96 valence electrons. The summed E-state index contributed by atoms with van der Waals surface area (Å²) in [6, 6.07) is 4.61. The molecule has 18 heavy (non-hydrogen) atoms. The minimum absolute atomic E-state index is 0. The Bertz CT molecular complexity index is 548. The monoisotopic (exact) mass is 288 g/mol. The van der Waals surface area contributed by atoms with Crippen molar-refractivity contribution in [2.45, 2.75) is 6.04 Å². The minimum Gasteiger partial charge on any atom is -0.320 e. The van der Waals surface area contributed by atoms with Crippen LogP contribution in [0.25, 0.3) is 0 Å². The van der Waals surface area contributed by atoms with Gasteiger partial charge in [0, 0.05) is 0 Å². The summed E-state index contributed by atoms with van der Waals surface area (Å²) < 4.78 is 13.0. The third-order valence-electron chi connectivity index (χ3n) is 2.43. The van der Waals surface area contributed by atoms with Crippen LogP contribution in [0.5, 0.6) is 0 Å². The highest BCUT2D eigenvalue weighted by atomic mass is 35.5. The second-order valence-electron chi connectivity index (χ2n) is 3.49.